The lowest BCUT2D eigenvalue weighted by Gasteiger charge is -2.20. The van der Waals surface area contributed by atoms with Gasteiger partial charge in [-0.05, 0) is 53.3 Å². The Morgan fingerprint density at radius 2 is 1.75 bits per heavy atom. The normalized spacial score (nSPS) is 12.5. The molecule has 6 heteroatoms. The molecule has 0 fully saturated rings. The summed E-state index contributed by atoms with van der Waals surface area (Å²) in [5.41, 5.74) is -0.182. The van der Waals surface area contributed by atoms with E-state index < -0.39 is 23.5 Å². The molecule has 0 aliphatic heterocycles. The molecule has 0 amide bonds. The Balaban J connectivity index is 2.64. The molecule has 0 radical (unpaired) electrons. The third-order valence-electron chi connectivity index (χ3n) is 2.93. The molecule has 106 valence electrons. The van der Waals surface area contributed by atoms with E-state index >= 15 is 0 Å². The first kappa shape index (κ1) is 15.4. The minimum atomic E-state index is -0.980. The van der Waals surface area contributed by atoms with Crippen molar-refractivity contribution in [3.8, 4) is 0 Å². The van der Waals surface area contributed by atoms with Gasteiger partial charge in [-0.15, -0.1) is 0 Å². The van der Waals surface area contributed by atoms with Crippen molar-refractivity contribution in [2.45, 2.75) is 6.04 Å². The van der Waals surface area contributed by atoms with Gasteiger partial charge in [0.15, 0.2) is 0 Å². The van der Waals surface area contributed by atoms with Crippen LogP contribution in [0.4, 0.5) is 13.2 Å². The third kappa shape index (κ3) is 2.85. The fourth-order valence-corrected chi connectivity index (χ4v) is 2.52. The molecule has 2 rings (SSSR count). The number of benzene rings is 2. The van der Waals surface area contributed by atoms with Crippen LogP contribution in [0.2, 0.25) is 5.02 Å². The zero-order valence-electron chi connectivity index (χ0n) is 10.4. The third-order valence-corrected chi connectivity index (χ3v) is 3.77. The highest BCUT2D eigenvalue weighted by Crippen LogP contribution is 2.32. The Bertz CT molecular complexity index is 649. The van der Waals surface area contributed by atoms with Gasteiger partial charge in [0.1, 0.15) is 17.5 Å². The maximum atomic E-state index is 14.1. The molecular formula is C14H10BrClF3N. The zero-order chi connectivity index (χ0) is 14.9. The van der Waals surface area contributed by atoms with Crippen molar-refractivity contribution in [2.75, 3.05) is 7.05 Å². The van der Waals surface area contributed by atoms with Crippen LogP contribution in [0.1, 0.15) is 17.2 Å². The van der Waals surface area contributed by atoms with Crippen LogP contribution in [-0.4, -0.2) is 7.05 Å². The van der Waals surface area contributed by atoms with Crippen molar-refractivity contribution < 1.29 is 13.2 Å². The van der Waals surface area contributed by atoms with E-state index in [9.17, 15) is 13.2 Å². The van der Waals surface area contributed by atoms with E-state index in [1.165, 1.54) is 25.2 Å². The average Bonchev–Trinajstić information content (AvgIpc) is 2.42. The predicted molar refractivity (Wildman–Crippen MR) is 76.4 cm³/mol. The van der Waals surface area contributed by atoms with Gasteiger partial charge in [-0.2, -0.15) is 0 Å². The molecule has 20 heavy (non-hydrogen) atoms. The van der Waals surface area contributed by atoms with Gasteiger partial charge in [0, 0.05) is 16.1 Å². The van der Waals surface area contributed by atoms with Crippen molar-refractivity contribution in [3.63, 3.8) is 0 Å². The Kier molecular flexibility index (Phi) is 4.73. The lowest BCUT2D eigenvalue weighted by molar-refractivity contribution is 0.505. The molecule has 1 N–H and O–H groups in total. The highest BCUT2D eigenvalue weighted by Gasteiger charge is 2.24. The molecule has 1 atom stereocenters. The van der Waals surface area contributed by atoms with Gasteiger partial charge in [0.25, 0.3) is 0 Å². The first-order valence-electron chi connectivity index (χ1n) is 5.71. The van der Waals surface area contributed by atoms with Crippen molar-refractivity contribution in [1.29, 1.82) is 0 Å². The van der Waals surface area contributed by atoms with Gasteiger partial charge in [0.05, 0.1) is 10.5 Å². The van der Waals surface area contributed by atoms with Crippen molar-refractivity contribution in [3.05, 3.63) is 68.4 Å². The predicted octanol–water partition coefficient (Wildman–Crippen LogP) is 4.83. The molecule has 0 aliphatic carbocycles. The summed E-state index contributed by atoms with van der Waals surface area (Å²) in [6.07, 6.45) is 0. The first-order chi connectivity index (χ1) is 9.45. The van der Waals surface area contributed by atoms with Crippen LogP contribution >= 0.6 is 27.5 Å². The standard InChI is InChI=1S/C14H10BrClF3N/c1-20-14(8-6-7(16)2-4-10(8)17)12-11(18)5-3-9(15)13(12)19/h2-6,14,20H,1H3. The van der Waals surface area contributed by atoms with Crippen LogP contribution in [0.3, 0.4) is 0 Å². The number of hydrogen-bond acceptors (Lipinski definition) is 1. The van der Waals surface area contributed by atoms with Crippen LogP contribution in [0, 0.1) is 17.5 Å². The molecule has 1 nitrogen and oxygen atoms in total. The lowest BCUT2D eigenvalue weighted by atomic mass is 9.97. The number of rotatable bonds is 3. The van der Waals surface area contributed by atoms with Gasteiger partial charge in [-0.25, -0.2) is 13.2 Å². The first-order valence-corrected chi connectivity index (χ1v) is 6.88. The maximum Gasteiger partial charge on any atom is 0.145 e. The van der Waals surface area contributed by atoms with Gasteiger partial charge >= 0.3 is 0 Å². The van der Waals surface area contributed by atoms with Gasteiger partial charge < -0.3 is 5.32 Å². The topological polar surface area (TPSA) is 12.0 Å². The number of halogens is 5. The summed E-state index contributed by atoms with van der Waals surface area (Å²) >= 11 is 8.82. The fourth-order valence-electron chi connectivity index (χ4n) is 2.00. The molecule has 0 aromatic heterocycles. The zero-order valence-corrected chi connectivity index (χ0v) is 12.7. The van der Waals surface area contributed by atoms with E-state index in [4.69, 9.17) is 11.6 Å². The molecule has 2 aromatic rings. The molecule has 0 saturated carbocycles. The van der Waals surface area contributed by atoms with Crippen LogP contribution in [-0.2, 0) is 0 Å². The summed E-state index contributed by atoms with van der Waals surface area (Å²) < 4.78 is 42.1. The molecule has 0 bridgehead atoms. The summed E-state index contributed by atoms with van der Waals surface area (Å²) in [4.78, 5) is 0. The summed E-state index contributed by atoms with van der Waals surface area (Å²) in [6.45, 7) is 0. The van der Waals surface area contributed by atoms with E-state index in [0.29, 0.717) is 0 Å². The number of nitrogens with one attached hydrogen (secondary N) is 1. The van der Waals surface area contributed by atoms with E-state index in [-0.39, 0.29) is 20.6 Å². The van der Waals surface area contributed by atoms with E-state index in [2.05, 4.69) is 21.2 Å². The maximum absolute atomic E-state index is 14.1. The Morgan fingerprint density at radius 1 is 1.10 bits per heavy atom. The minimum Gasteiger partial charge on any atom is -0.309 e. The van der Waals surface area contributed by atoms with Gasteiger partial charge in [-0.1, -0.05) is 11.6 Å². The van der Waals surface area contributed by atoms with Crippen molar-refractivity contribution in [2.24, 2.45) is 0 Å². The average molecular weight is 365 g/mol. The summed E-state index contributed by atoms with van der Waals surface area (Å²) in [6, 6.07) is 5.28. The van der Waals surface area contributed by atoms with E-state index in [1.54, 1.807) is 0 Å². The highest BCUT2D eigenvalue weighted by atomic mass is 79.9. The van der Waals surface area contributed by atoms with Gasteiger partial charge in [0.2, 0.25) is 0 Å². The minimum absolute atomic E-state index is 0.0795. The summed E-state index contributed by atoms with van der Waals surface area (Å²) in [7, 11) is 1.49. The molecule has 0 saturated heterocycles. The second kappa shape index (κ2) is 6.16. The molecule has 1 unspecified atom stereocenters. The molecule has 0 aliphatic rings. The summed E-state index contributed by atoms with van der Waals surface area (Å²) in [5, 5.41) is 3.00. The van der Waals surface area contributed by atoms with Crippen LogP contribution in [0.25, 0.3) is 0 Å². The molecule has 0 spiro atoms. The SMILES string of the molecule is CNC(c1cc(Cl)ccc1F)c1c(F)ccc(Br)c1F. The largest absolute Gasteiger partial charge is 0.309 e. The molecular weight excluding hydrogens is 355 g/mol. The monoisotopic (exact) mass is 363 g/mol. The van der Waals surface area contributed by atoms with Crippen molar-refractivity contribution >= 4 is 27.5 Å². The Hall–Kier alpha value is -1.04. The smallest absolute Gasteiger partial charge is 0.145 e. The van der Waals surface area contributed by atoms with E-state index in [1.807, 2.05) is 0 Å². The van der Waals surface area contributed by atoms with Crippen LogP contribution < -0.4 is 5.32 Å². The number of hydrogen-bond donors (Lipinski definition) is 1. The second-order valence-corrected chi connectivity index (χ2v) is 5.44. The van der Waals surface area contributed by atoms with Crippen LogP contribution in [0.5, 0.6) is 0 Å². The molecule has 0 heterocycles. The summed E-state index contributed by atoms with van der Waals surface area (Å²) in [5.74, 6) is -2.12. The highest BCUT2D eigenvalue weighted by molar-refractivity contribution is 9.10. The van der Waals surface area contributed by atoms with E-state index in [0.717, 1.165) is 12.1 Å². The van der Waals surface area contributed by atoms with Crippen LogP contribution in [0.15, 0.2) is 34.8 Å². The van der Waals surface area contributed by atoms with Crippen molar-refractivity contribution in [1.82, 2.24) is 5.32 Å². The Labute approximate surface area is 127 Å². The quantitative estimate of drug-likeness (QED) is 0.769. The molecule has 2 aromatic carbocycles. The van der Waals surface area contributed by atoms with Gasteiger partial charge in [-0.3, -0.25) is 0 Å². The fraction of sp³-hybridized carbons (Fsp3) is 0.143. The Morgan fingerprint density at radius 3 is 2.40 bits per heavy atom. The second-order valence-electron chi connectivity index (χ2n) is 4.14. The lowest BCUT2D eigenvalue weighted by Crippen LogP contribution is -2.22.